The van der Waals surface area contributed by atoms with E-state index in [4.69, 9.17) is 22.1 Å². The number of halogens is 1. The number of nitrogens with one attached hydrogen (secondary N) is 1. The highest BCUT2D eigenvalue weighted by atomic mass is 35.5. The molecule has 3 N–H and O–H groups in total. The van der Waals surface area contributed by atoms with Crippen LogP contribution in [0.3, 0.4) is 0 Å². The van der Waals surface area contributed by atoms with Gasteiger partial charge in [0.15, 0.2) is 0 Å². The van der Waals surface area contributed by atoms with Gasteiger partial charge in [0.05, 0.1) is 23.9 Å². The van der Waals surface area contributed by atoms with E-state index in [1.165, 1.54) is 0 Å². The summed E-state index contributed by atoms with van der Waals surface area (Å²) in [5.41, 5.74) is 7.56. The molecule has 1 amide bonds. The second kappa shape index (κ2) is 6.50. The summed E-state index contributed by atoms with van der Waals surface area (Å²) in [7, 11) is 1.62. The molecule has 0 fully saturated rings. The van der Waals surface area contributed by atoms with Crippen LogP contribution in [0.2, 0.25) is 5.02 Å². The monoisotopic (exact) mass is 304 g/mol. The number of carbonyl (C=O) groups excluding carboxylic acids is 1. The van der Waals surface area contributed by atoms with Gasteiger partial charge in [0.25, 0.3) is 5.91 Å². The second-order valence-electron chi connectivity index (χ2n) is 4.70. The molecule has 110 valence electrons. The Morgan fingerprint density at radius 3 is 2.48 bits per heavy atom. The van der Waals surface area contributed by atoms with E-state index < -0.39 is 0 Å². The Kier molecular flexibility index (Phi) is 4.70. The van der Waals surface area contributed by atoms with Gasteiger partial charge in [-0.2, -0.15) is 0 Å². The van der Waals surface area contributed by atoms with E-state index in [1.807, 2.05) is 31.2 Å². The number of methoxy groups -OCH3 is 1. The molecule has 0 heterocycles. The number of benzene rings is 2. The van der Waals surface area contributed by atoms with Crippen molar-refractivity contribution in [3.05, 3.63) is 58.6 Å². The fourth-order valence-corrected chi connectivity index (χ4v) is 2.10. The summed E-state index contributed by atoms with van der Waals surface area (Å²) in [4.78, 5) is 12.2. The third-order valence-corrected chi connectivity index (χ3v) is 3.55. The van der Waals surface area contributed by atoms with E-state index in [-0.39, 0.29) is 11.9 Å². The van der Waals surface area contributed by atoms with Gasteiger partial charge in [-0.05, 0) is 42.8 Å². The molecule has 0 bridgehead atoms. The first-order chi connectivity index (χ1) is 10.0. The van der Waals surface area contributed by atoms with E-state index in [0.29, 0.717) is 16.3 Å². The van der Waals surface area contributed by atoms with Crippen molar-refractivity contribution in [1.29, 1.82) is 0 Å². The van der Waals surface area contributed by atoms with Crippen LogP contribution in [0.25, 0.3) is 0 Å². The molecule has 5 heteroatoms. The number of hydrogen-bond donors (Lipinski definition) is 2. The number of nitrogen functional groups attached to an aromatic ring is 1. The molecule has 0 saturated heterocycles. The summed E-state index contributed by atoms with van der Waals surface area (Å²) in [6.45, 7) is 1.92. The van der Waals surface area contributed by atoms with Crippen LogP contribution in [0.1, 0.15) is 28.9 Å². The summed E-state index contributed by atoms with van der Waals surface area (Å²) < 4.78 is 5.11. The van der Waals surface area contributed by atoms with E-state index >= 15 is 0 Å². The SMILES string of the molecule is COc1ccc([C@@H](C)NC(=O)c2ccc(N)c(Cl)c2)cc1. The zero-order valence-corrected chi connectivity index (χ0v) is 12.6. The molecule has 0 unspecified atom stereocenters. The molecular weight excluding hydrogens is 288 g/mol. The number of amides is 1. The van der Waals surface area contributed by atoms with Crippen LogP contribution in [0.5, 0.6) is 5.75 Å². The molecule has 4 nitrogen and oxygen atoms in total. The second-order valence-corrected chi connectivity index (χ2v) is 5.11. The number of rotatable bonds is 4. The van der Waals surface area contributed by atoms with Gasteiger partial charge in [-0.1, -0.05) is 23.7 Å². The Morgan fingerprint density at radius 2 is 1.90 bits per heavy atom. The highest BCUT2D eigenvalue weighted by molar-refractivity contribution is 6.33. The molecule has 2 aromatic carbocycles. The van der Waals surface area contributed by atoms with E-state index in [9.17, 15) is 4.79 Å². The first-order valence-electron chi connectivity index (χ1n) is 6.51. The number of nitrogens with two attached hydrogens (primary N) is 1. The molecule has 2 aromatic rings. The van der Waals surface area contributed by atoms with Crippen molar-refractivity contribution in [3.63, 3.8) is 0 Å². The number of hydrogen-bond acceptors (Lipinski definition) is 3. The molecule has 0 aromatic heterocycles. The van der Waals surface area contributed by atoms with Crippen LogP contribution in [0, 0.1) is 0 Å². The van der Waals surface area contributed by atoms with Crippen molar-refractivity contribution < 1.29 is 9.53 Å². The van der Waals surface area contributed by atoms with Gasteiger partial charge >= 0.3 is 0 Å². The summed E-state index contributed by atoms with van der Waals surface area (Å²) >= 11 is 5.93. The minimum Gasteiger partial charge on any atom is -0.497 e. The number of carbonyl (C=O) groups is 1. The van der Waals surface area contributed by atoms with Gasteiger partial charge in [-0.15, -0.1) is 0 Å². The van der Waals surface area contributed by atoms with Gasteiger partial charge in [-0.3, -0.25) is 4.79 Å². The average molecular weight is 305 g/mol. The van der Waals surface area contributed by atoms with Crippen molar-refractivity contribution >= 4 is 23.2 Å². The first kappa shape index (κ1) is 15.2. The van der Waals surface area contributed by atoms with Crippen LogP contribution >= 0.6 is 11.6 Å². The quantitative estimate of drug-likeness (QED) is 0.851. The molecule has 0 aliphatic heterocycles. The molecule has 0 radical (unpaired) electrons. The molecule has 21 heavy (non-hydrogen) atoms. The summed E-state index contributed by atoms with van der Waals surface area (Å²) in [6.07, 6.45) is 0. The summed E-state index contributed by atoms with van der Waals surface area (Å²) in [5.74, 6) is 0.586. The molecule has 0 spiro atoms. The Balaban J connectivity index is 2.08. The Morgan fingerprint density at radius 1 is 1.24 bits per heavy atom. The average Bonchev–Trinajstić information content (AvgIpc) is 2.50. The van der Waals surface area contributed by atoms with Gasteiger partial charge < -0.3 is 15.8 Å². The zero-order valence-electron chi connectivity index (χ0n) is 11.9. The summed E-state index contributed by atoms with van der Waals surface area (Å²) in [5, 5.41) is 3.29. The largest absolute Gasteiger partial charge is 0.497 e. The normalized spacial score (nSPS) is 11.8. The van der Waals surface area contributed by atoms with Gasteiger partial charge in [0, 0.05) is 5.56 Å². The number of anilines is 1. The maximum atomic E-state index is 12.2. The molecule has 0 aliphatic carbocycles. The maximum Gasteiger partial charge on any atom is 0.251 e. The fraction of sp³-hybridized carbons (Fsp3) is 0.188. The van der Waals surface area contributed by atoms with Crippen LogP contribution in [-0.4, -0.2) is 13.0 Å². The summed E-state index contributed by atoms with van der Waals surface area (Å²) in [6, 6.07) is 12.3. The van der Waals surface area contributed by atoms with Gasteiger partial charge in [0.2, 0.25) is 0 Å². The maximum absolute atomic E-state index is 12.2. The van der Waals surface area contributed by atoms with Crippen molar-refractivity contribution in [2.45, 2.75) is 13.0 Å². The minimum atomic E-state index is -0.194. The fourth-order valence-electron chi connectivity index (χ4n) is 1.92. The van der Waals surface area contributed by atoms with Crippen molar-refractivity contribution in [2.24, 2.45) is 0 Å². The van der Waals surface area contributed by atoms with E-state index in [0.717, 1.165) is 11.3 Å². The van der Waals surface area contributed by atoms with Crippen LogP contribution in [0.15, 0.2) is 42.5 Å². The Labute approximate surface area is 128 Å². The molecule has 1 atom stereocenters. The lowest BCUT2D eigenvalue weighted by atomic mass is 10.1. The van der Waals surface area contributed by atoms with Crippen molar-refractivity contribution in [2.75, 3.05) is 12.8 Å². The lowest BCUT2D eigenvalue weighted by Gasteiger charge is -2.15. The van der Waals surface area contributed by atoms with E-state index in [1.54, 1.807) is 25.3 Å². The number of ether oxygens (including phenoxy) is 1. The third-order valence-electron chi connectivity index (χ3n) is 3.23. The Bertz CT molecular complexity index is 641. The van der Waals surface area contributed by atoms with Crippen LogP contribution < -0.4 is 15.8 Å². The predicted molar refractivity (Wildman–Crippen MR) is 84.7 cm³/mol. The molecule has 0 saturated carbocycles. The standard InChI is InChI=1S/C16H17ClN2O2/c1-10(11-3-6-13(21-2)7-4-11)19-16(20)12-5-8-15(18)14(17)9-12/h3-10H,18H2,1-2H3,(H,19,20)/t10-/m1/s1. The van der Waals surface area contributed by atoms with Crippen LogP contribution in [0.4, 0.5) is 5.69 Å². The van der Waals surface area contributed by atoms with Crippen molar-refractivity contribution in [3.8, 4) is 5.75 Å². The Hall–Kier alpha value is -2.20. The third kappa shape index (κ3) is 3.67. The lowest BCUT2D eigenvalue weighted by molar-refractivity contribution is 0.0940. The topological polar surface area (TPSA) is 64.3 Å². The molecule has 0 aliphatic rings. The highest BCUT2D eigenvalue weighted by Crippen LogP contribution is 2.21. The highest BCUT2D eigenvalue weighted by Gasteiger charge is 2.12. The molecular formula is C16H17ClN2O2. The van der Waals surface area contributed by atoms with Gasteiger partial charge in [-0.25, -0.2) is 0 Å². The zero-order chi connectivity index (χ0) is 15.4. The van der Waals surface area contributed by atoms with Crippen molar-refractivity contribution in [1.82, 2.24) is 5.32 Å². The predicted octanol–water partition coefficient (Wildman–Crippen LogP) is 3.42. The van der Waals surface area contributed by atoms with E-state index in [2.05, 4.69) is 5.32 Å². The smallest absolute Gasteiger partial charge is 0.251 e. The lowest BCUT2D eigenvalue weighted by Crippen LogP contribution is -2.26. The molecule has 2 rings (SSSR count). The first-order valence-corrected chi connectivity index (χ1v) is 6.89. The minimum absolute atomic E-state index is 0.125. The van der Waals surface area contributed by atoms with Crippen LogP contribution in [-0.2, 0) is 0 Å². The van der Waals surface area contributed by atoms with Gasteiger partial charge in [0.1, 0.15) is 5.75 Å².